The molecule has 0 aromatic heterocycles. The molecule has 2 aliphatic rings. The molecule has 1 heterocycles. The average Bonchev–Trinajstić information content (AvgIpc) is 2.50. The summed E-state index contributed by atoms with van der Waals surface area (Å²) < 4.78 is 0. The summed E-state index contributed by atoms with van der Waals surface area (Å²) in [5.74, 6) is 0.340. The molecule has 3 nitrogen and oxygen atoms in total. The van der Waals surface area contributed by atoms with E-state index in [1.807, 2.05) is 0 Å². The fourth-order valence-corrected chi connectivity index (χ4v) is 2.21. The van der Waals surface area contributed by atoms with Crippen molar-refractivity contribution in [2.24, 2.45) is 5.41 Å². The van der Waals surface area contributed by atoms with Gasteiger partial charge in [0.25, 0.3) is 0 Å². The van der Waals surface area contributed by atoms with Crippen LogP contribution in [0.2, 0.25) is 0 Å². The van der Waals surface area contributed by atoms with Crippen molar-refractivity contribution in [3.05, 3.63) is 0 Å². The fourth-order valence-electron chi connectivity index (χ4n) is 2.21. The molecule has 3 heteroatoms. The van der Waals surface area contributed by atoms with Crippen molar-refractivity contribution >= 4 is 11.6 Å². The summed E-state index contributed by atoms with van der Waals surface area (Å²) in [4.78, 5) is 23.1. The average molecular weight is 167 g/mol. The monoisotopic (exact) mass is 167 g/mol. The van der Waals surface area contributed by atoms with Gasteiger partial charge in [-0.05, 0) is 19.4 Å². The molecule has 0 bridgehead atoms. The van der Waals surface area contributed by atoms with Gasteiger partial charge in [-0.3, -0.25) is 9.59 Å². The fraction of sp³-hybridized carbons (Fsp3) is 0.778. The second-order valence-corrected chi connectivity index (χ2v) is 3.71. The lowest BCUT2D eigenvalue weighted by Gasteiger charge is -2.28. The molecule has 0 aromatic rings. The van der Waals surface area contributed by atoms with Gasteiger partial charge in [0.15, 0.2) is 0 Å². The van der Waals surface area contributed by atoms with E-state index in [4.69, 9.17) is 0 Å². The van der Waals surface area contributed by atoms with Gasteiger partial charge in [0.2, 0.25) is 0 Å². The van der Waals surface area contributed by atoms with E-state index in [2.05, 4.69) is 5.32 Å². The third kappa shape index (κ3) is 0.926. The Balaban J connectivity index is 2.28. The third-order valence-corrected chi connectivity index (χ3v) is 3.03. The Labute approximate surface area is 71.5 Å². The largest absolute Gasteiger partial charge is 0.315 e. The van der Waals surface area contributed by atoms with E-state index in [0.29, 0.717) is 19.4 Å². The van der Waals surface area contributed by atoms with Crippen molar-refractivity contribution in [1.82, 2.24) is 5.32 Å². The summed E-state index contributed by atoms with van der Waals surface area (Å²) in [6.45, 7) is 1.40. The Morgan fingerprint density at radius 1 is 1.17 bits per heavy atom. The number of carbonyl (C=O) groups excluding carboxylic acids is 2. The van der Waals surface area contributed by atoms with Crippen LogP contribution in [0.15, 0.2) is 0 Å². The van der Waals surface area contributed by atoms with Gasteiger partial charge in [-0.25, -0.2) is 0 Å². The molecule has 1 saturated heterocycles. The van der Waals surface area contributed by atoms with Crippen LogP contribution in [0.25, 0.3) is 0 Å². The van der Waals surface area contributed by atoms with E-state index in [9.17, 15) is 9.59 Å². The molecule has 0 aromatic carbocycles. The van der Waals surface area contributed by atoms with E-state index in [1.54, 1.807) is 0 Å². The normalized spacial score (nSPS) is 28.3. The number of hydrogen-bond donors (Lipinski definition) is 1. The van der Waals surface area contributed by atoms with Gasteiger partial charge in [0.1, 0.15) is 17.0 Å². The SMILES string of the molecule is O=C1CCCC(=O)C12CCNC2. The van der Waals surface area contributed by atoms with E-state index in [0.717, 1.165) is 19.4 Å². The molecule has 1 aliphatic carbocycles. The molecule has 0 unspecified atom stereocenters. The highest BCUT2D eigenvalue weighted by molar-refractivity contribution is 6.09. The topological polar surface area (TPSA) is 46.2 Å². The maximum absolute atomic E-state index is 11.6. The molecular formula is C9H13NO2. The van der Waals surface area contributed by atoms with Crippen molar-refractivity contribution < 1.29 is 9.59 Å². The summed E-state index contributed by atoms with van der Waals surface area (Å²) >= 11 is 0. The first-order valence-electron chi connectivity index (χ1n) is 4.53. The maximum atomic E-state index is 11.6. The summed E-state index contributed by atoms with van der Waals surface area (Å²) in [5.41, 5.74) is -0.599. The maximum Gasteiger partial charge on any atom is 0.147 e. The van der Waals surface area contributed by atoms with Gasteiger partial charge in [0.05, 0.1) is 0 Å². The van der Waals surface area contributed by atoms with Crippen molar-refractivity contribution in [1.29, 1.82) is 0 Å². The molecular weight excluding hydrogens is 154 g/mol. The number of Topliss-reactive ketones (excluding diaryl/α,β-unsaturated/α-hetero) is 2. The molecule has 0 atom stereocenters. The van der Waals surface area contributed by atoms with Crippen LogP contribution in [0.4, 0.5) is 0 Å². The van der Waals surface area contributed by atoms with Crippen LogP contribution in [0.1, 0.15) is 25.7 Å². The summed E-state index contributed by atoms with van der Waals surface area (Å²) in [7, 11) is 0. The Kier molecular flexibility index (Phi) is 1.76. The number of nitrogens with one attached hydrogen (secondary N) is 1. The van der Waals surface area contributed by atoms with Crippen molar-refractivity contribution in [3.63, 3.8) is 0 Å². The predicted molar refractivity (Wildman–Crippen MR) is 43.8 cm³/mol. The van der Waals surface area contributed by atoms with Gasteiger partial charge in [-0.2, -0.15) is 0 Å². The second-order valence-electron chi connectivity index (χ2n) is 3.71. The van der Waals surface area contributed by atoms with Crippen LogP contribution in [0.5, 0.6) is 0 Å². The first-order chi connectivity index (χ1) is 5.76. The first kappa shape index (κ1) is 7.92. The van der Waals surface area contributed by atoms with Crippen LogP contribution in [-0.2, 0) is 9.59 Å². The quantitative estimate of drug-likeness (QED) is 0.527. The van der Waals surface area contributed by atoms with Gasteiger partial charge in [0, 0.05) is 19.4 Å². The van der Waals surface area contributed by atoms with Gasteiger partial charge >= 0.3 is 0 Å². The summed E-state index contributed by atoms with van der Waals surface area (Å²) in [5, 5.41) is 3.10. The number of rotatable bonds is 0. The predicted octanol–water partition coefficient (Wildman–Crippen LogP) is 0.288. The minimum Gasteiger partial charge on any atom is -0.315 e. The first-order valence-corrected chi connectivity index (χ1v) is 4.53. The lowest BCUT2D eigenvalue weighted by molar-refractivity contribution is -0.142. The van der Waals surface area contributed by atoms with Crippen molar-refractivity contribution in [3.8, 4) is 0 Å². The molecule has 1 aliphatic heterocycles. The van der Waals surface area contributed by atoms with Crippen molar-refractivity contribution in [2.75, 3.05) is 13.1 Å². The lowest BCUT2D eigenvalue weighted by Crippen LogP contribution is -2.44. The molecule has 0 amide bonds. The van der Waals surface area contributed by atoms with E-state index < -0.39 is 5.41 Å². The third-order valence-electron chi connectivity index (χ3n) is 3.03. The molecule has 1 spiro atoms. The smallest absolute Gasteiger partial charge is 0.147 e. The number of ketones is 2. The highest BCUT2D eigenvalue weighted by atomic mass is 16.2. The lowest BCUT2D eigenvalue weighted by atomic mass is 9.71. The summed E-state index contributed by atoms with van der Waals surface area (Å²) in [6, 6.07) is 0. The molecule has 12 heavy (non-hydrogen) atoms. The molecule has 1 N–H and O–H groups in total. The van der Waals surface area contributed by atoms with E-state index in [1.165, 1.54) is 0 Å². The highest BCUT2D eigenvalue weighted by Gasteiger charge is 2.48. The zero-order chi connectivity index (χ0) is 8.60. The minimum atomic E-state index is -0.599. The minimum absolute atomic E-state index is 0.170. The summed E-state index contributed by atoms with van der Waals surface area (Å²) in [6.07, 6.45) is 2.70. The van der Waals surface area contributed by atoms with Crippen LogP contribution in [0.3, 0.4) is 0 Å². The second kappa shape index (κ2) is 2.66. The van der Waals surface area contributed by atoms with Crippen molar-refractivity contribution in [2.45, 2.75) is 25.7 Å². The molecule has 1 saturated carbocycles. The van der Waals surface area contributed by atoms with E-state index >= 15 is 0 Å². The van der Waals surface area contributed by atoms with Gasteiger partial charge < -0.3 is 5.32 Å². The van der Waals surface area contributed by atoms with Gasteiger partial charge in [-0.15, -0.1) is 0 Å². The molecule has 66 valence electrons. The van der Waals surface area contributed by atoms with Crippen LogP contribution >= 0.6 is 0 Å². The van der Waals surface area contributed by atoms with E-state index in [-0.39, 0.29) is 11.6 Å². The standard InChI is InChI=1S/C9H13NO2/c11-7-2-1-3-8(12)9(7)4-5-10-6-9/h10H,1-6H2. The van der Waals surface area contributed by atoms with Gasteiger partial charge in [-0.1, -0.05) is 0 Å². The molecule has 0 radical (unpaired) electrons. The number of hydrogen-bond acceptors (Lipinski definition) is 3. The highest BCUT2D eigenvalue weighted by Crippen LogP contribution is 2.35. The van der Waals surface area contributed by atoms with Crippen LogP contribution in [0, 0.1) is 5.41 Å². The Hall–Kier alpha value is -0.700. The Morgan fingerprint density at radius 2 is 1.83 bits per heavy atom. The zero-order valence-corrected chi connectivity index (χ0v) is 7.06. The van der Waals surface area contributed by atoms with Crippen LogP contribution in [-0.4, -0.2) is 24.7 Å². The zero-order valence-electron chi connectivity index (χ0n) is 7.06. The number of carbonyl (C=O) groups is 2. The van der Waals surface area contributed by atoms with Crippen LogP contribution < -0.4 is 5.32 Å². The Morgan fingerprint density at radius 3 is 2.33 bits per heavy atom. The Bertz CT molecular complexity index is 211. The molecule has 2 fully saturated rings. The molecule has 2 rings (SSSR count).